The maximum absolute atomic E-state index is 13.4. The zero-order valence-corrected chi connectivity index (χ0v) is 18.3. The average Bonchev–Trinajstić information content (AvgIpc) is 3.33. The van der Waals surface area contributed by atoms with E-state index < -0.39 is 24.2 Å². The van der Waals surface area contributed by atoms with Crippen molar-refractivity contribution < 1.29 is 13.6 Å². The number of pyridine rings is 1. The van der Waals surface area contributed by atoms with Gasteiger partial charge in [-0.25, -0.2) is 8.78 Å². The highest BCUT2D eigenvalue weighted by Crippen LogP contribution is 2.52. The molecule has 3 fully saturated rings. The average molecular weight is 468 g/mol. The van der Waals surface area contributed by atoms with Crippen LogP contribution in [0.15, 0.2) is 36.5 Å². The molecule has 9 heteroatoms. The summed E-state index contributed by atoms with van der Waals surface area (Å²) in [6.45, 7) is 0. The fourth-order valence-corrected chi connectivity index (χ4v) is 5.69. The number of hydrogen-bond donors (Lipinski definition) is 1. The predicted octanol–water partition coefficient (Wildman–Crippen LogP) is 4.41. The summed E-state index contributed by atoms with van der Waals surface area (Å²) in [5, 5.41) is 22.0. The second-order valence-electron chi connectivity index (χ2n) is 9.15. The number of halogens is 3. The van der Waals surface area contributed by atoms with E-state index in [1.165, 1.54) is 6.20 Å². The number of alkyl halides is 2. The SMILES string of the molecule is N#CN1[C@H]2CC[C@@H]1[C@H](NC(=O)c1ccc(-c3ccc(C4(C#N)CC(F)(F)C4)nc3)cc1Cl)C2. The first-order chi connectivity index (χ1) is 15.7. The number of amides is 1. The first kappa shape index (κ1) is 21.6. The van der Waals surface area contributed by atoms with Gasteiger partial charge in [-0.1, -0.05) is 23.7 Å². The van der Waals surface area contributed by atoms with E-state index in [4.69, 9.17) is 11.6 Å². The number of nitrogens with zero attached hydrogens (tertiary/aromatic N) is 4. The lowest BCUT2D eigenvalue weighted by atomic mass is 9.65. The van der Waals surface area contributed by atoms with Crippen LogP contribution in [0.5, 0.6) is 0 Å². The second kappa shape index (κ2) is 7.67. The van der Waals surface area contributed by atoms with Gasteiger partial charge >= 0.3 is 0 Å². The summed E-state index contributed by atoms with van der Waals surface area (Å²) in [4.78, 5) is 18.9. The van der Waals surface area contributed by atoms with Crippen molar-refractivity contribution in [1.29, 1.82) is 10.5 Å². The Morgan fingerprint density at radius 2 is 1.94 bits per heavy atom. The second-order valence-corrected chi connectivity index (χ2v) is 9.56. The molecular formula is C24H20ClF2N5O. The van der Waals surface area contributed by atoms with E-state index >= 15 is 0 Å². The van der Waals surface area contributed by atoms with Crippen LogP contribution in [0.1, 0.15) is 48.2 Å². The molecule has 1 aliphatic carbocycles. The van der Waals surface area contributed by atoms with Gasteiger partial charge in [0.25, 0.3) is 11.8 Å². The van der Waals surface area contributed by atoms with Gasteiger partial charge in [-0.15, -0.1) is 0 Å². The Morgan fingerprint density at radius 3 is 2.52 bits per heavy atom. The topological polar surface area (TPSA) is 92.8 Å². The minimum Gasteiger partial charge on any atom is -0.347 e. The normalized spacial score (nSPS) is 26.2. The molecular weight excluding hydrogens is 448 g/mol. The van der Waals surface area contributed by atoms with Gasteiger partial charge in [0, 0.05) is 30.6 Å². The molecule has 2 aromatic rings. The van der Waals surface area contributed by atoms with Crippen LogP contribution < -0.4 is 5.32 Å². The molecule has 1 aromatic heterocycles. The minimum absolute atomic E-state index is 0.0407. The van der Waals surface area contributed by atoms with Crippen molar-refractivity contribution >= 4 is 17.5 Å². The molecule has 1 amide bonds. The summed E-state index contributed by atoms with van der Waals surface area (Å²) < 4.78 is 26.7. The van der Waals surface area contributed by atoms with Gasteiger partial charge in [-0.2, -0.15) is 10.5 Å². The highest BCUT2D eigenvalue weighted by atomic mass is 35.5. The summed E-state index contributed by atoms with van der Waals surface area (Å²) in [6.07, 6.45) is 5.35. The first-order valence-electron chi connectivity index (χ1n) is 10.8. The van der Waals surface area contributed by atoms with Gasteiger partial charge in [0.05, 0.1) is 34.4 Å². The zero-order valence-electron chi connectivity index (χ0n) is 17.6. The standard InChI is InChI=1S/C24H20ClF2N5O/c25-18-7-14(15-2-6-21(30-9-15)23(12-28)10-24(26,27)11-23)1-4-17(18)22(33)31-19-8-16-3-5-20(19)32(16)13-29/h1-2,4,6-7,9,16,19-20H,3,5,8,10-11H2,(H,31,33)/t16-,19+,20+/m0/s1. The molecule has 6 nitrogen and oxygen atoms in total. The van der Waals surface area contributed by atoms with Crippen molar-refractivity contribution in [1.82, 2.24) is 15.2 Å². The Morgan fingerprint density at radius 1 is 1.18 bits per heavy atom. The molecule has 0 spiro atoms. The third-order valence-electron chi connectivity index (χ3n) is 7.10. The Bertz CT molecular complexity index is 1190. The van der Waals surface area contributed by atoms with Gasteiger partial charge in [0.2, 0.25) is 0 Å². The number of rotatable bonds is 4. The van der Waals surface area contributed by atoms with Gasteiger partial charge in [-0.05, 0) is 43.0 Å². The summed E-state index contributed by atoms with van der Waals surface area (Å²) in [6, 6.07) is 10.5. The highest BCUT2D eigenvalue weighted by Gasteiger charge is 2.59. The molecule has 2 bridgehead atoms. The van der Waals surface area contributed by atoms with Crippen LogP contribution in [-0.4, -0.2) is 39.8 Å². The van der Waals surface area contributed by atoms with Crippen molar-refractivity contribution in [3.8, 4) is 23.4 Å². The highest BCUT2D eigenvalue weighted by molar-refractivity contribution is 6.34. The molecule has 33 heavy (non-hydrogen) atoms. The third kappa shape index (κ3) is 3.59. The maximum Gasteiger partial charge on any atom is 0.253 e. The van der Waals surface area contributed by atoms with Crippen LogP contribution in [0.2, 0.25) is 5.02 Å². The van der Waals surface area contributed by atoms with Crippen LogP contribution in [0.4, 0.5) is 8.78 Å². The predicted molar refractivity (Wildman–Crippen MR) is 116 cm³/mol. The molecule has 2 saturated heterocycles. The van der Waals surface area contributed by atoms with E-state index in [2.05, 4.69) is 16.5 Å². The molecule has 0 unspecified atom stereocenters. The van der Waals surface area contributed by atoms with Gasteiger partial charge < -0.3 is 10.2 Å². The number of fused-ring (bicyclic) bond motifs is 2. The molecule has 1 aromatic carbocycles. The molecule has 1 N–H and O–H groups in total. The summed E-state index contributed by atoms with van der Waals surface area (Å²) >= 11 is 6.41. The van der Waals surface area contributed by atoms with Crippen LogP contribution >= 0.6 is 11.6 Å². The minimum atomic E-state index is -2.83. The van der Waals surface area contributed by atoms with E-state index in [0.29, 0.717) is 16.8 Å². The summed E-state index contributed by atoms with van der Waals surface area (Å²) in [5.41, 5.74) is 0.846. The fraction of sp³-hybridized carbons (Fsp3) is 0.417. The Labute approximate surface area is 194 Å². The monoisotopic (exact) mass is 467 g/mol. The molecule has 0 radical (unpaired) electrons. The number of benzene rings is 1. The molecule has 168 valence electrons. The molecule has 3 aliphatic rings. The fourth-order valence-electron chi connectivity index (χ4n) is 5.42. The third-order valence-corrected chi connectivity index (χ3v) is 7.42. The Balaban J connectivity index is 1.30. The number of nitrogens with one attached hydrogen (secondary N) is 1. The maximum atomic E-state index is 13.4. The zero-order chi connectivity index (χ0) is 23.4. The number of carbonyl (C=O) groups is 1. The van der Waals surface area contributed by atoms with Crippen molar-refractivity contribution in [2.45, 2.75) is 61.6 Å². The summed E-state index contributed by atoms with van der Waals surface area (Å²) in [7, 11) is 0. The van der Waals surface area contributed by atoms with E-state index in [-0.39, 0.29) is 29.1 Å². The van der Waals surface area contributed by atoms with Crippen LogP contribution in [0, 0.1) is 22.8 Å². The lowest BCUT2D eigenvalue weighted by Gasteiger charge is -2.41. The molecule has 5 rings (SSSR count). The van der Waals surface area contributed by atoms with Gasteiger partial charge in [0.15, 0.2) is 6.19 Å². The van der Waals surface area contributed by atoms with Crippen molar-refractivity contribution in [2.75, 3.05) is 0 Å². The Hall–Kier alpha value is -3.23. The molecule has 3 atom stereocenters. The lowest BCUT2D eigenvalue weighted by molar-refractivity contribution is -0.110. The quantitative estimate of drug-likeness (QED) is 0.672. The molecule has 2 aliphatic heterocycles. The van der Waals surface area contributed by atoms with E-state index in [9.17, 15) is 24.1 Å². The van der Waals surface area contributed by atoms with E-state index in [1.54, 1.807) is 35.2 Å². The first-order valence-corrected chi connectivity index (χ1v) is 11.2. The van der Waals surface area contributed by atoms with Gasteiger partial charge in [-0.3, -0.25) is 9.78 Å². The number of hydrogen-bond acceptors (Lipinski definition) is 5. The smallest absolute Gasteiger partial charge is 0.253 e. The van der Waals surface area contributed by atoms with Crippen LogP contribution in [0.25, 0.3) is 11.1 Å². The van der Waals surface area contributed by atoms with Gasteiger partial charge in [0.1, 0.15) is 5.41 Å². The number of aromatic nitrogens is 1. The lowest BCUT2D eigenvalue weighted by Crippen LogP contribution is -2.48. The van der Waals surface area contributed by atoms with Crippen LogP contribution in [-0.2, 0) is 5.41 Å². The van der Waals surface area contributed by atoms with E-state index in [0.717, 1.165) is 24.8 Å². The van der Waals surface area contributed by atoms with Crippen molar-refractivity contribution in [3.63, 3.8) is 0 Å². The number of nitriles is 2. The largest absolute Gasteiger partial charge is 0.347 e. The molecule has 3 heterocycles. The van der Waals surface area contributed by atoms with Crippen LogP contribution in [0.3, 0.4) is 0 Å². The van der Waals surface area contributed by atoms with Crippen molar-refractivity contribution in [3.05, 3.63) is 52.8 Å². The Kier molecular flexibility index (Phi) is 5.02. The van der Waals surface area contributed by atoms with E-state index in [1.807, 2.05) is 6.07 Å². The number of carbonyl (C=O) groups excluding carboxylic acids is 1. The summed E-state index contributed by atoms with van der Waals surface area (Å²) in [5.74, 6) is -3.11. The molecule has 1 saturated carbocycles. The van der Waals surface area contributed by atoms with Crippen molar-refractivity contribution in [2.24, 2.45) is 0 Å².